The maximum absolute atomic E-state index is 10.9. The second-order valence-corrected chi connectivity index (χ2v) is 2.66. The van der Waals surface area contributed by atoms with Crippen LogP contribution >= 0.6 is 0 Å². The number of aromatic nitrogens is 1. The zero-order valence-electron chi connectivity index (χ0n) is 8.36. The summed E-state index contributed by atoms with van der Waals surface area (Å²) < 4.78 is 5.08. The summed E-state index contributed by atoms with van der Waals surface area (Å²) in [4.78, 5) is 15.0. The maximum Gasteiger partial charge on any atom is 0.262 e. The number of anilines is 1. The summed E-state index contributed by atoms with van der Waals surface area (Å²) in [6.45, 7) is 3.64. The number of nitrogens with zero attached hydrogens (tertiary/aromatic N) is 1. The van der Waals surface area contributed by atoms with Crippen LogP contribution in [0.5, 0.6) is 5.88 Å². The van der Waals surface area contributed by atoms with Crippen LogP contribution in [0.2, 0.25) is 0 Å². The monoisotopic (exact) mass is 208 g/mol. The summed E-state index contributed by atoms with van der Waals surface area (Å²) in [5.74, 6) is 0.306. The molecule has 0 aromatic carbocycles. The predicted molar refractivity (Wildman–Crippen MR) is 56.6 cm³/mol. The van der Waals surface area contributed by atoms with Gasteiger partial charge in [-0.15, -0.1) is 0 Å². The van der Waals surface area contributed by atoms with E-state index in [1.54, 1.807) is 18.3 Å². The summed E-state index contributed by atoms with van der Waals surface area (Å²) in [7, 11) is 1.00. The number of carbonyl (C=O) groups is 1. The van der Waals surface area contributed by atoms with Gasteiger partial charge in [0.15, 0.2) is 6.61 Å². The van der Waals surface area contributed by atoms with Gasteiger partial charge >= 0.3 is 0 Å². The molecule has 0 fully saturated rings. The van der Waals surface area contributed by atoms with Crippen molar-refractivity contribution in [2.24, 2.45) is 0 Å². The summed E-state index contributed by atoms with van der Waals surface area (Å²) in [6.07, 6.45) is 3.30. The van der Waals surface area contributed by atoms with Gasteiger partial charge in [-0.1, -0.05) is 12.7 Å². The first-order chi connectivity index (χ1) is 7.29. The lowest BCUT2D eigenvalue weighted by atomic mass is 10.2. The van der Waals surface area contributed by atoms with Gasteiger partial charge in [-0.05, 0) is 11.6 Å². The van der Waals surface area contributed by atoms with Crippen LogP contribution in [0.15, 0.2) is 18.8 Å². The van der Waals surface area contributed by atoms with Gasteiger partial charge in [0, 0.05) is 13.3 Å². The molecule has 0 aliphatic carbocycles. The van der Waals surface area contributed by atoms with Crippen molar-refractivity contribution in [3.05, 3.63) is 24.4 Å². The molecule has 80 valence electrons. The number of pyridine rings is 1. The topological polar surface area (TPSA) is 71.5 Å². The molecule has 0 spiro atoms. The Morgan fingerprint density at radius 3 is 3.07 bits per heavy atom. The zero-order valence-corrected chi connectivity index (χ0v) is 8.36. The number of hydrogen-bond donors (Lipinski definition) is 2. The normalized spacial score (nSPS) is 12.5. The van der Waals surface area contributed by atoms with E-state index in [4.69, 9.17) is 9.84 Å². The molecule has 0 bridgehead atoms. The highest BCUT2D eigenvalue weighted by molar-refractivity contribution is 5.95. The Labute approximate surface area is 87.4 Å². The number of nitrogens with one attached hydrogen (secondary N) is 1. The molecule has 1 aromatic rings. The lowest BCUT2D eigenvalue weighted by molar-refractivity contribution is -0.118. The Hall–Kier alpha value is -1.88. The molecule has 1 aliphatic heterocycles. The zero-order chi connectivity index (χ0) is 11.3. The van der Waals surface area contributed by atoms with Crippen LogP contribution in [0.3, 0.4) is 0 Å². The van der Waals surface area contributed by atoms with E-state index in [0.717, 1.165) is 12.7 Å². The van der Waals surface area contributed by atoms with Crippen molar-refractivity contribution in [2.45, 2.75) is 0 Å². The molecule has 0 saturated carbocycles. The van der Waals surface area contributed by atoms with E-state index in [1.807, 2.05) is 0 Å². The standard InChI is InChI=1S/C9H8N2O2.CH4O/c1-2-6-3-7-9(10-4-6)13-5-8(12)11-7;1-2/h2-4H,1,5H2,(H,11,12);2H,1H3. The second-order valence-electron chi connectivity index (χ2n) is 2.66. The number of aliphatic hydroxyl groups excluding tert-OH is 1. The van der Waals surface area contributed by atoms with Crippen LogP contribution < -0.4 is 10.1 Å². The Morgan fingerprint density at radius 2 is 2.40 bits per heavy atom. The van der Waals surface area contributed by atoms with E-state index < -0.39 is 0 Å². The Balaban J connectivity index is 0.000000531. The lowest BCUT2D eigenvalue weighted by Gasteiger charge is -2.16. The number of amides is 1. The molecule has 5 nitrogen and oxygen atoms in total. The highest BCUT2D eigenvalue weighted by atomic mass is 16.5. The van der Waals surface area contributed by atoms with Gasteiger partial charge in [0.25, 0.3) is 5.91 Å². The number of carbonyl (C=O) groups excluding carboxylic acids is 1. The van der Waals surface area contributed by atoms with E-state index >= 15 is 0 Å². The number of fused-ring (bicyclic) bond motifs is 1. The van der Waals surface area contributed by atoms with Gasteiger partial charge in [-0.25, -0.2) is 4.98 Å². The third-order valence-electron chi connectivity index (χ3n) is 1.72. The lowest BCUT2D eigenvalue weighted by Crippen LogP contribution is -2.25. The van der Waals surface area contributed by atoms with Crippen molar-refractivity contribution in [3.8, 4) is 5.88 Å². The minimum absolute atomic E-state index is 0.0352. The Bertz CT molecular complexity index is 377. The highest BCUT2D eigenvalue weighted by Crippen LogP contribution is 2.25. The molecule has 5 heteroatoms. The minimum Gasteiger partial charge on any atom is -0.466 e. The average Bonchev–Trinajstić information content (AvgIpc) is 2.30. The SMILES string of the molecule is C=Cc1cnc2c(c1)NC(=O)CO2.CO. The van der Waals surface area contributed by atoms with Crippen molar-refractivity contribution in [2.75, 3.05) is 19.0 Å². The van der Waals surface area contributed by atoms with Crippen LogP contribution in [0, 0.1) is 0 Å². The molecule has 0 unspecified atom stereocenters. The first kappa shape index (κ1) is 11.2. The molecule has 2 N–H and O–H groups in total. The van der Waals surface area contributed by atoms with E-state index in [0.29, 0.717) is 11.6 Å². The van der Waals surface area contributed by atoms with Crippen molar-refractivity contribution in [1.29, 1.82) is 0 Å². The summed E-state index contributed by atoms with van der Waals surface area (Å²) in [6, 6.07) is 1.77. The summed E-state index contributed by atoms with van der Waals surface area (Å²) in [5.41, 5.74) is 1.46. The van der Waals surface area contributed by atoms with E-state index in [2.05, 4.69) is 16.9 Å². The maximum atomic E-state index is 10.9. The molecule has 2 rings (SSSR count). The molecule has 0 atom stereocenters. The van der Waals surface area contributed by atoms with Gasteiger partial charge in [0.1, 0.15) is 5.69 Å². The predicted octanol–water partition coefficient (Wildman–Crippen LogP) is 0.664. The van der Waals surface area contributed by atoms with Gasteiger partial charge in [0.05, 0.1) is 0 Å². The third-order valence-corrected chi connectivity index (χ3v) is 1.72. The average molecular weight is 208 g/mol. The number of ether oxygens (including phenoxy) is 1. The molecule has 0 radical (unpaired) electrons. The van der Waals surface area contributed by atoms with Crippen LogP contribution in [0.4, 0.5) is 5.69 Å². The number of hydrogen-bond acceptors (Lipinski definition) is 4. The van der Waals surface area contributed by atoms with Gasteiger partial charge < -0.3 is 15.2 Å². The van der Waals surface area contributed by atoms with Crippen LogP contribution in [0.25, 0.3) is 6.08 Å². The van der Waals surface area contributed by atoms with Crippen molar-refractivity contribution in [3.63, 3.8) is 0 Å². The molecule has 0 saturated heterocycles. The minimum atomic E-state index is -0.157. The third kappa shape index (κ3) is 2.54. The fourth-order valence-electron chi connectivity index (χ4n) is 1.10. The van der Waals surface area contributed by atoms with Gasteiger partial charge in [-0.2, -0.15) is 0 Å². The molecular weight excluding hydrogens is 196 g/mol. The second kappa shape index (κ2) is 5.11. The quantitative estimate of drug-likeness (QED) is 0.711. The molecule has 15 heavy (non-hydrogen) atoms. The van der Waals surface area contributed by atoms with Gasteiger partial charge in [-0.3, -0.25) is 4.79 Å². The van der Waals surface area contributed by atoms with Crippen LogP contribution in [-0.4, -0.2) is 29.7 Å². The number of rotatable bonds is 1. The first-order valence-corrected chi connectivity index (χ1v) is 4.29. The van der Waals surface area contributed by atoms with Crippen molar-refractivity contribution >= 4 is 17.7 Å². The van der Waals surface area contributed by atoms with Crippen molar-refractivity contribution < 1.29 is 14.6 Å². The van der Waals surface area contributed by atoms with Crippen LogP contribution in [-0.2, 0) is 4.79 Å². The Morgan fingerprint density at radius 1 is 1.67 bits per heavy atom. The van der Waals surface area contributed by atoms with Crippen molar-refractivity contribution in [1.82, 2.24) is 4.98 Å². The first-order valence-electron chi connectivity index (χ1n) is 4.29. The summed E-state index contributed by atoms with van der Waals surface area (Å²) in [5, 5.41) is 9.66. The van der Waals surface area contributed by atoms with E-state index in [-0.39, 0.29) is 12.5 Å². The van der Waals surface area contributed by atoms with E-state index in [1.165, 1.54) is 0 Å². The van der Waals surface area contributed by atoms with Gasteiger partial charge in [0.2, 0.25) is 5.88 Å². The molecule has 1 aliphatic rings. The molecule has 1 amide bonds. The molecular formula is C10H12N2O3. The smallest absolute Gasteiger partial charge is 0.262 e. The summed E-state index contributed by atoms with van der Waals surface area (Å²) >= 11 is 0. The molecule has 1 aromatic heterocycles. The fourth-order valence-corrected chi connectivity index (χ4v) is 1.10. The van der Waals surface area contributed by atoms with E-state index in [9.17, 15) is 4.79 Å². The molecule has 2 heterocycles. The van der Waals surface area contributed by atoms with Crippen LogP contribution in [0.1, 0.15) is 5.56 Å². The largest absolute Gasteiger partial charge is 0.466 e. The highest BCUT2D eigenvalue weighted by Gasteiger charge is 2.16. The fraction of sp³-hybridized carbons (Fsp3) is 0.200. The number of aliphatic hydroxyl groups is 1. The Kier molecular flexibility index (Phi) is 3.82.